The van der Waals surface area contributed by atoms with E-state index >= 15 is 0 Å². The molecule has 2 N–H and O–H groups in total. The van der Waals surface area contributed by atoms with E-state index in [1.165, 1.54) is 4.90 Å². The Kier molecular flexibility index (Phi) is 6.38. The van der Waals surface area contributed by atoms with Crippen LogP contribution in [0, 0.1) is 0 Å². The summed E-state index contributed by atoms with van der Waals surface area (Å²) in [5.41, 5.74) is 0. The maximum Gasteiger partial charge on any atom is 0.401 e. The summed E-state index contributed by atoms with van der Waals surface area (Å²) in [4.78, 5) is 1.46. The quantitative estimate of drug-likeness (QED) is 0.770. The van der Waals surface area contributed by atoms with Crippen LogP contribution >= 0.6 is 0 Å². The lowest BCUT2D eigenvalue weighted by Gasteiger charge is -2.32. The summed E-state index contributed by atoms with van der Waals surface area (Å²) in [5, 5.41) is 12.7. The molecule has 0 saturated carbocycles. The smallest absolute Gasteiger partial charge is 0.393 e. The van der Waals surface area contributed by atoms with Gasteiger partial charge in [-0.2, -0.15) is 13.2 Å². The third-order valence-corrected chi connectivity index (χ3v) is 3.37. The Bertz CT molecular complexity index is 228. The van der Waals surface area contributed by atoms with Crippen molar-refractivity contribution in [3.8, 4) is 0 Å². The van der Waals surface area contributed by atoms with Crippen molar-refractivity contribution in [2.45, 2.75) is 50.9 Å². The van der Waals surface area contributed by atoms with Crippen LogP contribution in [0.1, 0.15) is 32.6 Å². The number of aliphatic hydroxyl groups is 1. The van der Waals surface area contributed by atoms with E-state index in [-0.39, 0.29) is 6.10 Å². The Labute approximate surface area is 106 Å². The van der Waals surface area contributed by atoms with Gasteiger partial charge in [0.2, 0.25) is 0 Å². The van der Waals surface area contributed by atoms with Gasteiger partial charge in [-0.15, -0.1) is 0 Å². The molecule has 1 aliphatic heterocycles. The van der Waals surface area contributed by atoms with Crippen molar-refractivity contribution in [2.24, 2.45) is 0 Å². The predicted molar refractivity (Wildman–Crippen MR) is 64.4 cm³/mol. The second kappa shape index (κ2) is 7.31. The number of halogens is 3. The molecule has 0 aliphatic carbocycles. The highest BCUT2D eigenvalue weighted by Crippen LogP contribution is 2.19. The monoisotopic (exact) mass is 268 g/mol. The van der Waals surface area contributed by atoms with E-state index in [2.05, 4.69) is 5.32 Å². The predicted octanol–water partition coefficient (Wildman–Crippen LogP) is 1.76. The van der Waals surface area contributed by atoms with Crippen LogP contribution in [-0.4, -0.2) is 54.5 Å². The largest absolute Gasteiger partial charge is 0.401 e. The summed E-state index contributed by atoms with van der Waals surface area (Å²) in [7, 11) is 0. The minimum absolute atomic E-state index is 0.275. The summed E-state index contributed by atoms with van der Waals surface area (Å²) in [5.74, 6) is 0. The number of alkyl halides is 3. The first-order valence-electron chi connectivity index (χ1n) is 6.61. The molecule has 0 amide bonds. The third-order valence-electron chi connectivity index (χ3n) is 3.37. The third kappa shape index (κ3) is 6.56. The summed E-state index contributed by atoms with van der Waals surface area (Å²) >= 11 is 0. The van der Waals surface area contributed by atoms with Crippen molar-refractivity contribution in [3.63, 3.8) is 0 Å². The minimum atomic E-state index is -4.09. The number of rotatable bonds is 6. The molecule has 18 heavy (non-hydrogen) atoms. The Balaban J connectivity index is 2.12. The zero-order valence-electron chi connectivity index (χ0n) is 10.8. The summed E-state index contributed by atoms with van der Waals surface area (Å²) < 4.78 is 36.5. The lowest BCUT2D eigenvalue weighted by molar-refractivity contribution is -0.148. The van der Waals surface area contributed by atoms with Crippen LogP contribution in [-0.2, 0) is 0 Å². The molecule has 0 aromatic carbocycles. The van der Waals surface area contributed by atoms with E-state index in [0.29, 0.717) is 25.6 Å². The maximum absolute atomic E-state index is 12.2. The average Bonchev–Trinajstić information content (AvgIpc) is 2.29. The van der Waals surface area contributed by atoms with Crippen LogP contribution in [0.4, 0.5) is 13.2 Å². The van der Waals surface area contributed by atoms with E-state index in [9.17, 15) is 18.3 Å². The van der Waals surface area contributed by atoms with Crippen molar-refractivity contribution in [3.05, 3.63) is 0 Å². The van der Waals surface area contributed by atoms with Gasteiger partial charge in [-0.1, -0.05) is 6.92 Å². The fourth-order valence-corrected chi connectivity index (χ4v) is 2.21. The Morgan fingerprint density at radius 3 is 2.44 bits per heavy atom. The Morgan fingerprint density at radius 2 is 1.94 bits per heavy atom. The van der Waals surface area contributed by atoms with E-state index in [1.54, 1.807) is 0 Å². The SMILES string of the molecule is CCC(O)CCNC1CCN(CC(F)(F)F)CC1. The van der Waals surface area contributed by atoms with Crippen LogP contribution in [0.2, 0.25) is 0 Å². The zero-order chi connectivity index (χ0) is 13.6. The highest BCUT2D eigenvalue weighted by Gasteiger charge is 2.32. The van der Waals surface area contributed by atoms with Crippen LogP contribution in [0.5, 0.6) is 0 Å². The summed E-state index contributed by atoms with van der Waals surface area (Å²) in [6, 6.07) is 0.290. The van der Waals surface area contributed by atoms with Crippen LogP contribution in [0.3, 0.4) is 0 Å². The van der Waals surface area contributed by atoms with E-state index in [0.717, 1.165) is 25.8 Å². The van der Waals surface area contributed by atoms with E-state index in [4.69, 9.17) is 0 Å². The normalized spacial score (nSPS) is 21.2. The highest BCUT2D eigenvalue weighted by atomic mass is 19.4. The lowest BCUT2D eigenvalue weighted by Crippen LogP contribution is -2.46. The molecule has 1 saturated heterocycles. The summed E-state index contributed by atoms with van der Waals surface area (Å²) in [6.07, 6.45) is -1.42. The van der Waals surface area contributed by atoms with E-state index < -0.39 is 12.7 Å². The highest BCUT2D eigenvalue weighted by molar-refractivity contribution is 4.78. The van der Waals surface area contributed by atoms with Crippen molar-refractivity contribution in [2.75, 3.05) is 26.2 Å². The number of nitrogens with one attached hydrogen (secondary N) is 1. The Hall–Kier alpha value is -0.330. The van der Waals surface area contributed by atoms with Crippen LogP contribution < -0.4 is 5.32 Å². The first-order chi connectivity index (χ1) is 8.40. The number of aliphatic hydroxyl groups excluding tert-OH is 1. The van der Waals surface area contributed by atoms with Gasteiger partial charge in [-0.05, 0) is 45.3 Å². The number of piperidine rings is 1. The second-order valence-corrected chi connectivity index (χ2v) is 4.97. The molecule has 3 nitrogen and oxygen atoms in total. The topological polar surface area (TPSA) is 35.5 Å². The van der Waals surface area contributed by atoms with Gasteiger partial charge in [-0.25, -0.2) is 0 Å². The van der Waals surface area contributed by atoms with Gasteiger partial charge in [0.25, 0.3) is 0 Å². The van der Waals surface area contributed by atoms with E-state index in [1.807, 2.05) is 6.92 Å². The van der Waals surface area contributed by atoms with Gasteiger partial charge in [0.05, 0.1) is 12.6 Å². The molecular formula is C12H23F3N2O. The maximum atomic E-state index is 12.2. The van der Waals surface area contributed by atoms with Gasteiger partial charge < -0.3 is 10.4 Å². The van der Waals surface area contributed by atoms with Gasteiger partial charge in [-0.3, -0.25) is 4.90 Å². The molecule has 0 spiro atoms. The van der Waals surface area contributed by atoms with Crippen molar-refractivity contribution in [1.82, 2.24) is 10.2 Å². The molecule has 1 unspecified atom stereocenters. The van der Waals surface area contributed by atoms with Crippen molar-refractivity contribution in [1.29, 1.82) is 0 Å². The first-order valence-corrected chi connectivity index (χ1v) is 6.61. The molecule has 1 atom stereocenters. The Morgan fingerprint density at radius 1 is 1.33 bits per heavy atom. The van der Waals surface area contributed by atoms with Crippen molar-refractivity contribution < 1.29 is 18.3 Å². The lowest BCUT2D eigenvalue weighted by atomic mass is 10.0. The van der Waals surface area contributed by atoms with Gasteiger partial charge in [0, 0.05) is 6.04 Å². The number of hydrogen-bond donors (Lipinski definition) is 2. The summed E-state index contributed by atoms with van der Waals surface area (Å²) in [6.45, 7) is 2.86. The standard InChI is InChI=1S/C12H23F3N2O/c1-2-11(18)3-6-16-10-4-7-17(8-5-10)9-12(13,14)15/h10-11,16,18H,2-9H2,1H3. The van der Waals surface area contributed by atoms with Crippen molar-refractivity contribution >= 4 is 0 Å². The zero-order valence-corrected chi connectivity index (χ0v) is 10.8. The fraction of sp³-hybridized carbons (Fsp3) is 1.00. The molecule has 1 aliphatic rings. The fourth-order valence-electron chi connectivity index (χ4n) is 2.21. The molecular weight excluding hydrogens is 245 g/mol. The molecule has 0 radical (unpaired) electrons. The molecule has 1 fully saturated rings. The van der Waals surface area contributed by atoms with Gasteiger partial charge >= 0.3 is 6.18 Å². The van der Waals surface area contributed by atoms with Gasteiger partial charge in [0.1, 0.15) is 0 Å². The first kappa shape index (κ1) is 15.7. The molecule has 1 heterocycles. The van der Waals surface area contributed by atoms with Crippen LogP contribution in [0.15, 0.2) is 0 Å². The minimum Gasteiger partial charge on any atom is -0.393 e. The number of nitrogens with zero attached hydrogens (tertiary/aromatic N) is 1. The average molecular weight is 268 g/mol. The molecule has 0 bridgehead atoms. The molecule has 6 heteroatoms. The number of hydrogen-bond acceptors (Lipinski definition) is 3. The molecule has 0 aromatic rings. The molecule has 1 rings (SSSR count). The van der Waals surface area contributed by atoms with Gasteiger partial charge in [0.15, 0.2) is 0 Å². The second-order valence-electron chi connectivity index (χ2n) is 4.97. The van der Waals surface area contributed by atoms with Crippen LogP contribution in [0.25, 0.3) is 0 Å². The molecule has 0 aromatic heterocycles. The molecule has 108 valence electrons. The number of likely N-dealkylation sites (tertiary alicyclic amines) is 1.